The molecule has 0 atom stereocenters. The fourth-order valence-corrected chi connectivity index (χ4v) is 2.32. The minimum Gasteiger partial charge on any atom is -0.267 e. The molecule has 2 N–H and O–H groups in total. The van der Waals surface area contributed by atoms with E-state index in [0.717, 1.165) is 5.56 Å². The van der Waals surface area contributed by atoms with Crippen LogP contribution in [0.25, 0.3) is 0 Å². The number of pyridine rings is 1. The number of hydrazine groups is 1. The molecule has 0 aliphatic carbocycles. The maximum Gasteiger partial charge on any atom is 0.272 e. The van der Waals surface area contributed by atoms with Crippen LogP contribution >= 0.6 is 11.6 Å². The van der Waals surface area contributed by atoms with Gasteiger partial charge in [0.15, 0.2) is 0 Å². The third-order valence-electron chi connectivity index (χ3n) is 3.40. The number of aromatic nitrogens is 3. The van der Waals surface area contributed by atoms with E-state index in [4.69, 9.17) is 11.6 Å². The lowest BCUT2D eigenvalue weighted by Crippen LogP contribution is -2.41. The second kappa shape index (κ2) is 7.59. The van der Waals surface area contributed by atoms with Crippen molar-refractivity contribution >= 4 is 23.4 Å². The molecule has 0 aliphatic heterocycles. The van der Waals surface area contributed by atoms with Crippen molar-refractivity contribution in [2.75, 3.05) is 0 Å². The molecule has 2 aromatic heterocycles. The maximum absolute atomic E-state index is 12.1. The zero-order valence-electron chi connectivity index (χ0n) is 13.0. The van der Waals surface area contributed by atoms with Crippen molar-refractivity contribution in [3.05, 3.63) is 82.9 Å². The molecule has 2 amide bonds. The molecule has 0 saturated heterocycles. The largest absolute Gasteiger partial charge is 0.272 e. The molecular formula is C17H14ClN5O2. The number of nitrogens with zero attached hydrogens (tertiary/aromatic N) is 3. The predicted octanol–water partition coefficient (Wildman–Crippen LogP) is 2.05. The first-order valence-corrected chi connectivity index (χ1v) is 7.78. The van der Waals surface area contributed by atoms with E-state index in [0.29, 0.717) is 22.7 Å². The number of hydrogen-bond acceptors (Lipinski definition) is 4. The van der Waals surface area contributed by atoms with Gasteiger partial charge >= 0.3 is 0 Å². The molecule has 25 heavy (non-hydrogen) atoms. The number of hydrogen-bond donors (Lipinski definition) is 2. The molecule has 0 spiro atoms. The minimum absolute atomic E-state index is 0.318. The Labute approximate surface area is 148 Å². The Kier molecular flexibility index (Phi) is 5.06. The summed E-state index contributed by atoms with van der Waals surface area (Å²) in [4.78, 5) is 27.8. The monoisotopic (exact) mass is 355 g/mol. The summed E-state index contributed by atoms with van der Waals surface area (Å²) < 4.78 is 1.60. The fraction of sp³-hybridized carbons (Fsp3) is 0.0588. The van der Waals surface area contributed by atoms with E-state index in [1.54, 1.807) is 35.3 Å². The van der Waals surface area contributed by atoms with E-state index in [2.05, 4.69) is 20.9 Å². The molecular weight excluding hydrogens is 342 g/mol. The van der Waals surface area contributed by atoms with E-state index in [1.165, 1.54) is 12.4 Å². The molecule has 2 heterocycles. The quantitative estimate of drug-likeness (QED) is 0.701. The average molecular weight is 356 g/mol. The first-order chi connectivity index (χ1) is 12.1. The Morgan fingerprint density at radius 3 is 2.48 bits per heavy atom. The molecule has 0 fully saturated rings. The van der Waals surface area contributed by atoms with Gasteiger partial charge in [0.25, 0.3) is 11.8 Å². The molecule has 1 aromatic carbocycles. The highest BCUT2D eigenvalue weighted by Gasteiger charge is 2.11. The summed E-state index contributed by atoms with van der Waals surface area (Å²) in [6, 6.07) is 10.6. The summed E-state index contributed by atoms with van der Waals surface area (Å²) in [5, 5.41) is 4.77. The average Bonchev–Trinajstić information content (AvgIpc) is 3.11. The van der Waals surface area contributed by atoms with Gasteiger partial charge in [-0.25, -0.2) is 0 Å². The molecule has 0 radical (unpaired) electrons. The Morgan fingerprint density at radius 1 is 1.00 bits per heavy atom. The van der Waals surface area contributed by atoms with Crippen LogP contribution in [0.5, 0.6) is 0 Å². The van der Waals surface area contributed by atoms with Crippen molar-refractivity contribution in [2.24, 2.45) is 0 Å². The van der Waals surface area contributed by atoms with Crippen molar-refractivity contribution in [2.45, 2.75) is 6.54 Å². The fourth-order valence-electron chi connectivity index (χ4n) is 2.12. The van der Waals surface area contributed by atoms with Crippen molar-refractivity contribution in [3.63, 3.8) is 0 Å². The van der Waals surface area contributed by atoms with Gasteiger partial charge in [-0.15, -0.1) is 0 Å². The van der Waals surface area contributed by atoms with Gasteiger partial charge in [0.2, 0.25) is 0 Å². The zero-order chi connectivity index (χ0) is 17.6. The van der Waals surface area contributed by atoms with Crippen molar-refractivity contribution in [3.8, 4) is 0 Å². The number of carbonyl (C=O) groups excluding carboxylic acids is 2. The van der Waals surface area contributed by atoms with Crippen LogP contribution in [0.2, 0.25) is 5.02 Å². The number of halogens is 1. The van der Waals surface area contributed by atoms with Gasteiger partial charge in [0.1, 0.15) is 0 Å². The van der Waals surface area contributed by atoms with Crippen LogP contribution in [0.1, 0.15) is 26.3 Å². The molecule has 8 heteroatoms. The van der Waals surface area contributed by atoms with Gasteiger partial charge in [-0.2, -0.15) is 5.10 Å². The first-order valence-electron chi connectivity index (χ1n) is 7.40. The van der Waals surface area contributed by atoms with Gasteiger partial charge in [-0.1, -0.05) is 29.8 Å². The second-order valence-electron chi connectivity index (χ2n) is 5.17. The normalized spacial score (nSPS) is 10.3. The van der Waals surface area contributed by atoms with Crippen LogP contribution in [-0.2, 0) is 6.54 Å². The van der Waals surface area contributed by atoms with Crippen LogP contribution in [0.4, 0.5) is 0 Å². The minimum atomic E-state index is -0.470. The lowest BCUT2D eigenvalue weighted by Gasteiger charge is -2.06. The van der Waals surface area contributed by atoms with Gasteiger partial charge in [0, 0.05) is 23.6 Å². The third kappa shape index (κ3) is 4.21. The number of nitrogens with one attached hydrogen (secondary N) is 2. The molecule has 0 aliphatic rings. The Balaban J connectivity index is 1.59. The first kappa shape index (κ1) is 16.7. The number of carbonyl (C=O) groups is 2. The van der Waals surface area contributed by atoms with Crippen molar-refractivity contribution < 1.29 is 9.59 Å². The van der Waals surface area contributed by atoms with E-state index >= 15 is 0 Å². The van der Waals surface area contributed by atoms with E-state index in [1.807, 2.05) is 18.2 Å². The Bertz CT molecular complexity index is 895. The molecule has 0 unspecified atom stereocenters. The van der Waals surface area contributed by atoms with E-state index in [-0.39, 0.29) is 0 Å². The molecule has 3 aromatic rings. The smallest absolute Gasteiger partial charge is 0.267 e. The van der Waals surface area contributed by atoms with Gasteiger partial charge in [-0.3, -0.25) is 30.1 Å². The summed E-state index contributed by atoms with van der Waals surface area (Å²) in [6.45, 7) is 0.439. The third-order valence-corrected chi connectivity index (χ3v) is 3.77. The van der Waals surface area contributed by atoms with Crippen LogP contribution in [0.15, 0.2) is 61.2 Å². The van der Waals surface area contributed by atoms with Gasteiger partial charge in [-0.05, 0) is 23.8 Å². The molecule has 7 nitrogen and oxygen atoms in total. The predicted molar refractivity (Wildman–Crippen MR) is 92.0 cm³/mol. The highest BCUT2D eigenvalue weighted by Crippen LogP contribution is 2.16. The Hall–Kier alpha value is -3.19. The summed E-state index contributed by atoms with van der Waals surface area (Å²) >= 11 is 6.11. The van der Waals surface area contributed by atoms with Crippen LogP contribution < -0.4 is 10.9 Å². The zero-order valence-corrected chi connectivity index (χ0v) is 13.8. The van der Waals surface area contributed by atoms with Crippen molar-refractivity contribution in [1.82, 2.24) is 25.6 Å². The number of amides is 2. The summed E-state index contributed by atoms with van der Waals surface area (Å²) in [6.07, 6.45) is 5.96. The number of rotatable bonds is 4. The van der Waals surface area contributed by atoms with Crippen LogP contribution in [0, 0.1) is 0 Å². The van der Waals surface area contributed by atoms with Crippen LogP contribution in [0.3, 0.4) is 0 Å². The van der Waals surface area contributed by atoms with Gasteiger partial charge in [0.05, 0.1) is 23.9 Å². The highest BCUT2D eigenvalue weighted by molar-refractivity contribution is 6.31. The van der Waals surface area contributed by atoms with E-state index in [9.17, 15) is 9.59 Å². The molecule has 3 rings (SSSR count). The summed E-state index contributed by atoms with van der Waals surface area (Å²) in [5.41, 5.74) is 6.22. The standard InChI is InChI=1S/C17H14ClN5O2/c18-15-6-2-1-4-13(15)10-23-11-14(9-20-23)17(25)22-21-16(24)12-5-3-7-19-8-12/h1-9,11H,10H2,(H,21,24)(H,22,25). The molecule has 0 bridgehead atoms. The van der Waals surface area contributed by atoms with Gasteiger partial charge < -0.3 is 0 Å². The SMILES string of the molecule is O=C(NNC(=O)c1cnn(Cc2ccccc2Cl)c1)c1cccnc1. The Morgan fingerprint density at radius 2 is 1.76 bits per heavy atom. The molecule has 126 valence electrons. The summed E-state index contributed by atoms with van der Waals surface area (Å²) in [7, 11) is 0. The maximum atomic E-state index is 12.1. The number of benzene rings is 1. The van der Waals surface area contributed by atoms with E-state index < -0.39 is 11.8 Å². The van der Waals surface area contributed by atoms with Crippen LogP contribution in [-0.4, -0.2) is 26.6 Å². The summed E-state index contributed by atoms with van der Waals surface area (Å²) in [5.74, 6) is -0.924. The molecule has 0 saturated carbocycles. The van der Waals surface area contributed by atoms with Crippen molar-refractivity contribution in [1.29, 1.82) is 0 Å². The lowest BCUT2D eigenvalue weighted by molar-refractivity contribution is 0.0846. The lowest BCUT2D eigenvalue weighted by atomic mass is 10.2. The highest BCUT2D eigenvalue weighted by atomic mass is 35.5. The topological polar surface area (TPSA) is 88.9 Å². The second-order valence-corrected chi connectivity index (χ2v) is 5.58.